The molecule has 0 fully saturated rings. The predicted octanol–water partition coefficient (Wildman–Crippen LogP) is 4.45. The normalized spacial score (nSPS) is 13.5. The molecule has 1 aliphatic rings. The van der Waals surface area contributed by atoms with Crippen LogP contribution in [0.25, 0.3) is 0 Å². The first kappa shape index (κ1) is 16.8. The Morgan fingerprint density at radius 1 is 1.08 bits per heavy atom. The first-order valence-electron chi connectivity index (χ1n) is 7.85. The van der Waals surface area contributed by atoms with Crippen LogP contribution in [0.2, 0.25) is 0 Å². The van der Waals surface area contributed by atoms with Gasteiger partial charge in [-0.25, -0.2) is 0 Å². The Morgan fingerprint density at radius 3 is 2.50 bits per heavy atom. The number of carbonyl (C=O) groups is 1. The molecule has 0 radical (unpaired) electrons. The number of anilines is 1. The second kappa shape index (κ2) is 6.48. The molecule has 0 saturated heterocycles. The van der Waals surface area contributed by atoms with E-state index in [0.717, 1.165) is 27.0 Å². The summed E-state index contributed by atoms with van der Waals surface area (Å²) in [6, 6.07) is 11.5. The van der Waals surface area contributed by atoms with Gasteiger partial charge in [-0.3, -0.25) is 4.79 Å². The number of rotatable bonds is 3. The molecule has 1 heterocycles. The lowest BCUT2D eigenvalue weighted by atomic mass is 9.83. The van der Waals surface area contributed by atoms with Crippen LogP contribution in [-0.4, -0.2) is 19.1 Å². The van der Waals surface area contributed by atoms with Crippen molar-refractivity contribution in [2.24, 2.45) is 0 Å². The monoisotopic (exact) mass is 389 g/mol. The van der Waals surface area contributed by atoms with E-state index in [0.29, 0.717) is 19.0 Å². The fraction of sp³-hybridized carbons (Fsp3) is 0.316. The SMILES string of the molecule is Cc1cc(Br)ccc1NC(=O)C(C)(C)c1ccc2c(c1)OCCO2. The first-order valence-corrected chi connectivity index (χ1v) is 8.65. The molecule has 0 aromatic heterocycles. The molecule has 1 amide bonds. The third-order valence-electron chi connectivity index (χ3n) is 4.27. The molecule has 5 heteroatoms. The van der Waals surface area contributed by atoms with Crippen molar-refractivity contribution < 1.29 is 14.3 Å². The molecule has 1 aliphatic heterocycles. The maximum atomic E-state index is 12.8. The van der Waals surface area contributed by atoms with Crippen LogP contribution < -0.4 is 14.8 Å². The Labute approximate surface area is 150 Å². The molecule has 24 heavy (non-hydrogen) atoms. The summed E-state index contributed by atoms with van der Waals surface area (Å²) < 4.78 is 12.2. The van der Waals surface area contributed by atoms with Gasteiger partial charge in [-0.05, 0) is 62.2 Å². The second-order valence-corrected chi connectivity index (χ2v) is 7.31. The summed E-state index contributed by atoms with van der Waals surface area (Å²) in [6.07, 6.45) is 0. The van der Waals surface area contributed by atoms with E-state index < -0.39 is 5.41 Å². The zero-order chi connectivity index (χ0) is 17.3. The Morgan fingerprint density at radius 2 is 1.79 bits per heavy atom. The summed E-state index contributed by atoms with van der Waals surface area (Å²) in [7, 11) is 0. The summed E-state index contributed by atoms with van der Waals surface area (Å²) in [4.78, 5) is 12.8. The summed E-state index contributed by atoms with van der Waals surface area (Å²) in [6.45, 7) is 6.86. The fourth-order valence-corrected chi connectivity index (χ4v) is 3.08. The Kier molecular flexibility index (Phi) is 4.54. The van der Waals surface area contributed by atoms with E-state index in [1.165, 1.54) is 0 Å². The number of ether oxygens (including phenoxy) is 2. The van der Waals surface area contributed by atoms with Crippen LogP contribution in [0.4, 0.5) is 5.69 Å². The van der Waals surface area contributed by atoms with E-state index in [1.807, 2.05) is 57.2 Å². The van der Waals surface area contributed by atoms with Gasteiger partial charge in [-0.1, -0.05) is 22.0 Å². The highest BCUT2D eigenvalue weighted by Crippen LogP contribution is 2.36. The van der Waals surface area contributed by atoms with Crippen molar-refractivity contribution in [3.05, 3.63) is 52.0 Å². The van der Waals surface area contributed by atoms with Gasteiger partial charge >= 0.3 is 0 Å². The summed E-state index contributed by atoms with van der Waals surface area (Å²) in [5.74, 6) is 1.36. The highest BCUT2D eigenvalue weighted by atomic mass is 79.9. The Balaban J connectivity index is 1.85. The lowest BCUT2D eigenvalue weighted by Crippen LogP contribution is -2.35. The molecule has 2 aromatic rings. The lowest BCUT2D eigenvalue weighted by molar-refractivity contribution is -0.120. The number of aryl methyl sites for hydroxylation is 1. The van der Waals surface area contributed by atoms with Crippen LogP contribution in [0.15, 0.2) is 40.9 Å². The van der Waals surface area contributed by atoms with Crippen molar-refractivity contribution in [1.29, 1.82) is 0 Å². The van der Waals surface area contributed by atoms with Crippen LogP contribution in [0.1, 0.15) is 25.0 Å². The predicted molar refractivity (Wildman–Crippen MR) is 98.0 cm³/mol. The lowest BCUT2D eigenvalue weighted by Gasteiger charge is -2.27. The fourth-order valence-electron chi connectivity index (χ4n) is 2.61. The summed E-state index contributed by atoms with van der Waals surface area (Å²) >= 11 is 3.44. The van der Waals surface area contributed by atoms with E-state index in [4.69, 9.17) is 9.47 Å². The van der Waals surface area contributed by atoms with Crippen LogP contribution in [0.5, 0.6) is 11.5 Å². The number of hydrogen-bond acceptors (Lipinski definition) is 3. The zero-order valence-corrected chi connectivity index (χ0v) is 15.6. The van der Waals surface area contributed by atoms with Crippen molar-refractivity contribution >= 4 is 27.5 Å². The first-order chi connectivity index (χ1) is 11.4. The molecule has 1 N–H and O–H groups in total. The average molecular weight is 390 g/mol. The van der Waals surface area contributed by atoms with Crippen LogP contribution in [0, 0.1) is 6.92 Å². The van der Waals surface area contributed by atoms with Crippen molar-refractivity contribution in [3.8, 4) is 11.5 Å². The van der Waals surface area contributed by atoms with E-state index in [2.05, 4.69) is 21.2 Å². The van der Waals surface area contributed by atoms with Gasteiger partial charge in [0.25, 0.3) is 0 Å². The maximum absolute atomic E-state index is 12.8. The number of hydrogen-bond donors (Lipinski definition) is 1. The van der Waals surface area contributed by atoms with Crippen molar-refractivity contribution in [2.75, 3.05) is 18.5 Å². The van der Waals surface area contributed by atoms with Gasteiger partial charge in [0.15, 0.2) is 11.5 Å². The molecule has 126 valence electrons. The van der Waals surface area contributed by atoms with Gasteiger partial charge in [0, 0.05) is 10.2 Å². The molecular weight excluding hydrogens is 370 g/mol. The molecule has 4 nitrogen and oxygen atoms in total. The van der Waals surface area contributed by atoms with Crippen LogP contribution >= 0.6 is 15.9 Å². The molecule has 0 spiro atoms. The van der Waals surface area contributed by atoms with Gasteiger partial charge in [-0.2, -0.15) is 0 Å². The van der Waals surface area contributed by atoms with E-state index in [1.54, 1.807) is 0 Å². The largest absolute Gasteiger partial charge is 0.486 e. The summed E-state index contributed by atoms with van der Waals surface area (Å²) in [5.41, 5.74) is 2.01. The number of carbonyl (C=O) groups excluding carboxylic acids is 1. The minimum Gasteiger partial charge on any atom is -0.486 e. The van der Waals surface area contributed by atoms with Crippen molar-refractivity contribution in [1.82, 2.24) is 0 Å². The molecule has 0 aliphatic carbocycles. The van der Waals surface area contributed by atoms with E-state index in [9.17, 15) is 4.79 Å². The third kappa shape index (κ3) is 3.26. The van der Waals surface area contributed by atoms with Crippen molar-refractivity contribution in [3.63, 3.8) is 0 Å². The number of nitrogens with one attached hydrogen (secondary N) is 1. The minimum atomic E-state index is -0.699. The Hall–Kier alpha value is -2.01. The average Bonchev–Trinajstić information content (AvgIpc) is 2.56. The second-order valence-electron chi connectivity index (χ2n) is 6.40. The quantitative estimate of drug-likeness (QED) is 0.843. The maximum Gasteiger partial charge on any atom is 0.234 e. The highest BCUT2D eigenvalue weighted by Gasteiger charge is 2.31. The third-order valence-corrected chi connectivity index (χ3v) is 4.76. The van der Waals surface area contributed by atoms with Gasteiger partial charge in [0.1, 0.15) is 13.2 Å². The van der Waals surface area contributed by atoms with Crippen LogP contribution in [0.3, 0.4) is 0 Å². The van der Waals surface area contributed by atoms with E-state index in [-0.39, 0.29) is 5.91 Å². The Bertz CT molecular complexity index is 786. The van der Waals surface area contributed by atoms with Crippen molar-refractivity contribution in [2.45, 2.75) is 26.2 Å². The summed E-state index contributed by atoms with van der Waals surface area (Å²) in [5, 5.41) is 3.02. The molecule has 3 rings (SSSR count). The highest BCUT2D eigenvalue weighted by molar-refractivity contribution is 9.10. The minimum absolute atomic E-state index is 0.0652. The molecule has 0 saturated carbocycles. The molecular formula is C19H20BrNO3. The number of benzene rings is 2. The molecule has 2 aromatic carbocycles. The number of amides is 1. The number of fused-ring (bicyclic) bond motifs is 1. The van der Waals surface area contributed by atoms with Gasteiger partial charge in [0.05, 0.1) is 5.41 Å². The number of halogens is 1. The zero-order valence-electron chi connectivity index (χ0n) is 14.0. The van der Waals surface area contributed by atoms with Crippen LogP contribution in [-0.2, 0) is 10.2 Å². The van der Waals surface area contributed by atoms with E-state index >= 15 is 0 Å². The smallest absolute Gasteiger partial charge is 0.234 e. The molecule has 0 bridgehead atoms. The molecule has 0 unspecified atom stereocenters. The van der Waals surface area contributed by atoms with Gasteiger partial charge in [0.2, 0.25) is 5.91 Å². The van der Waals surface area contributed by atoms with Gasteiger partial charge in [-0.15, -0.1) is 0 Å². The van der Waals surface area contributed by atoms with Gasteiger partial charge < -0.3 is 14.8 Å². The topological polar surface area (TPSA) is 47.6 Å². The standard InChI is InChI=1S/C19H20BrNO3/c1-12-10-14(20)5-6-15(12)21-18(22)19(2,3)13-4-7-16-17(11-13)24-9-8-23-16/h4-7,10-11H,8-9H2,1-3H3,(H,21,22). The molecule has 0 atom stereocenters.